The third-order valence-corrected chi connectivity index (χ3v) is 8.50. The van der Waals surface area contributed by atoms with Crippen molar-refractivity contribution in [2.45, 2.75) is 50.9 Å². The van der Waals surface area contributed by atoms with Crippen LogP contribution in [0.3, 0.4) is 0 Å². The molecule has 37 heavy (non-hydrogen) atoms. The molecule has 1 N–H and O–H groups in total. The van der Waals surface area contributed by atoms with Crippen LogP contribution in [0.5, 0.6) is 0 Å². The second-order valence-corrected chi connectivity index (χ2v) is 10.7. The molecule has 5 heterocycles. The Hall–Kier alpha value is -3.35. The molecule has 3 aliphatic rings. The molecule has 1 unspecified atom stereocenters. The molecular weight excluding hydrogens is 461 g/mol. The van der Waals surface area contributed by atoms with Crippen LogP contribution in [-0.2, 0) is 11.1 Å². The Labute approximate surface area is 218 Å². The van der Waals surface area contributed by atoms with Crippen LogP contribution >= 0.6 is 0 Å². The van der Waals surface area contributed by atoms with Crippen LogP contribution in [0.25, 0.3) is 10.9 Å². The summed E-state index contributed by atoms with van der Waals surface area (Å²) in [6.07, 6.45) is 6.25. The van der Waals surface area contributed by atoms with Gasteiger partial charge in [0.25, 0.3) is 0 Å². The third kappa shape index (κ3) is 4.38. The topological polar surface area (TPSA) is 88.4 Å². The number of benzene rings is 1. The summed E-state index contributed by atoms with van der Waals surface area (Å²) in [6, 6.07) is 13.9. The van der Waals surface area contributed by atoms with Gasteiger partial charge in [-0.25, -0.2) is 0 Å². The van der Waals surface area contributed by atoms with Gasteiger partial charge in [0.1, 0.15) is 6.07 Å². The summed E-state index contributed by atoms with van der Waals surface area (Å²) in [7, 11) is 0.998. The van der Waals surface area contributed by atoms with E-state index in [4.69, 9.17) is 4.98 Å². The van der Waals surface area contributed by atoms with Crippen LogP contribution in [0.15, 0.2) is 42.7 Å². The summed E-state index contributed by atoms with van der Waals surface area (Å²) in [5, 5.41) is 14.3. The maximum atomic E-state index is 11.1. The van der Waals surface area contributed by atoms with E-state index in [0.29, 0.717) is 30.1 Å². The van der Waals surface area contributed by atoms with Crippen LogP contribution in [0.1, 0.15) is 43.0 Å². The second kappa shape index (κ2) is 9.84. The SMILES string of the molecule is CC1c2cc(N[C@@H]3C[C@H]4CN(c5ccc(C#N)c6ncccc56)C[C@@H](C)N4C3)ncc2CCN1CB=O. The second-order valence-electron chi connectivity index (χ2n) is 10.7. The summed E-state index contributed by atoms with van der Waals surface area (Å²) in [5.41, 5.74) is 5.13. The molecule has 2 aromatic heterocycles. The number of anilines is 2. The van der Waals surface area contributed by atoms with Crippen LogP contribution in [0.2, 0.25) is 0 Å². The number of nitriles is 1. The van der Waals surface area contributed by atoms with Gasteiger partial charge in [-0.15, -0.1) is 0 Å². The average molecular weight is 493 g/mol. The van der Waals surface area contributed by atoms with Crippen molar-refractivity contribution >= 4 is 29.6 Å². The van der Waals surface area contributed by atoms with E-state index < -0.39 is 0 Å². The van der Waals surface area contributed by atoms with Crippen molar-refractivity contribution in [3.8, 4) is 6.07 Å². The molecule has 3 aromatic rings. The van der Waals surface area contributed by atoms with Gasteiger partial charge < -0.3 is 0 Å². The first-order chi connectivity index (χ1) is 18.1. The van der Waals surface area contributed by atoms with Crippen molar-refractivity contribution in [2.75, 3.05) is 42.8 Å². The quantitative estimate of drug-likeness (QED) is 0.543. The Morgan fingerprint density at radius 2 is 2.08 bits per heavy atom. The van der Waals surface area contributed by atoms with Crippen molar-refractivity contribution in [1.29, 1.82) is 5.26 Å². The van der Waals surface area contributed by atoms with Gasteiger partial charge in [0.2, 0.25) is 0 Å². The molecule has 0 radical (unpaired) electrons. The summed E-state index contributed by atoms with van der Waals surface area (Å²) in [5.74, 6) is 0.928. The van der Waals surface area contributed by atoms with Crippen molar-refractivity contribution in [2.24, 2.45) is 0 Å². The van der Waals surface area contributed by atoms with Crippen LogP contribution in [0, 0.1) is 11.3 Å². The summed E-state index contributed by atoms with van der Waals surface area (Å²) >= 11 is 0. The molecule has 188 valence electrons. The molecule has 6 rings (SSSR count). The fraction of sp³-hybridized carbons (Fsp3) is 0.464. The van der Waals surface area contributed by atoms with Gasteiger partial charge in [-0.05, 0) is 24.3 Å². The number of aromatic nitrogens is 2. The van der Waals surface area contributed by atoms with Gasteiger partial charge in [0, 0.05) is 17.3 Å². The van der Waals surface area contributed by atoms with Gasteiger partial charge in [-0.1, -0.05) is 0 Å². The number of nitrogens with zero attached hydrogens (tertiary/aromatic N) is 6. The molecular formula is C28H32BN7O. The molecule has 2 fully saturated rings. The first-order valence-corrected chi connectivity index (χ1v) is 13.3. The molecule has 2 saturated heterocycles. The van der Waals surface area contributed by atoms with E-state index in [1.54, 1.807) is 6.20 Å². The molecule has 3 aliphatic heterocycles. The van der Waals surface area contributed by atoms with E-state index >= 15 is 0 Å². The average Bonchev–Trinajstić information content (AvgIpc) is 3.33. The Morgan fingerprint density at radius 3 is 2.92 bits per heavy atom. The number of pyridine rings is 2. The molecule has 0 amide bonds. The van der Waals surface area contributed by atoms with Crippen molar-refractivity contribution in [3.05, 3.63) is 59.4 Å². The van der Waals surface area contributed by atoms with E-state index in [0.717, 1.165) is 68.6 Å². The van der Waals surface area contributed by atoms with Gasteiger partial charge in [0.15, 0.2) is 0 Å². The number of fused-ring (bicyclic) bond motifs is 3. The molecule has 9 heteroatoms. The molecule has 4 atom stereocenters. The molecule has 0 saturated carbocycles. The monoisotopic (exact) mass is 493 g/mol. The maximum absolute atomic E-state index is 11.1. The number of piperazine rings is 1. The summed E-state index contributed by atoms with van der Waals surface area (Å²) in [6.45, 7) is 8.29. The fourth-order valence-corrected chi connectivity index (χ4v) is 6.62. The number of rotatable bonds is 5. The standard InChI is InChI=1S/C28H32BN7O/c1-18-14-35(26-6-5-20(12-30)28-24(26)4-3-8-31-28)16-23-10-22(15-36(18)23)33-27-11-25-19(2)34(17-29-37)9-7-21(25)13-32-27/h3-6,8,11,13,18-19,22-23H,7,9-10,14-17H2,1-2H3,(H,32,33)/t18-,19?,22-,23+/m1/s1. The minimum atomic E-state index is 0.220. The predicted octanol–water partition coefficient (Wildman–Crippen LogP) is 3.19. The first kappa shape index (κ1) is 24.0. The van der Waals surface area contributed by atoms with E-state index in [-0.39, 0.29) is 6.04 Å². The molecule has 8 nitrogen and oxygen atoms in total. The molecule has 0 bridgehead atoms. The van der Waals surface area contributed by atoms with Gasteiger partial charge in [-0.2, -0.15) is 5.26 Å². The van der Waals surface area contributed by atoms with Crippen LogP contribution in [-0.4, -0.2) is 77.7 Å². The van der Waals surface area contributed by atoms with Crippen LogP contribution < -0.4 is 10.2 Å². The van der Waals surface area contributed by atoms with Crippen molar-refractivity contribution < 1.29 is 4.70 Å². The third-order valence-electron chi connectivity index (χ3n) is 8.50. The minimum absolute atomic E-state index is 0.220. The zero-order valence-corrected chi connectivity index (χ0v) is 21.5. The van der Waals surface area contributed by atoms with E-state index in [1.165, 1.54) is 11.1 Å². The van der Waals surface area contributed by atoms with Gasteiger partial charge in [0.05, 0.1) is 11.1 Å². The van der Waals surface area contributed by atoms with Gasteiger partial charge in [-0.3, -0.25) is 4.98 Å². The predicted molar refractivity (Wildman–Crippen MR) is 145 cm³/mol. The molecule has 0 spiro atoms. The van der Waals surface area contributed by atoms with Crippen molar-refractivity contribution in [3.63, 3.8) is 0 Å². The Kier molecular flexibility index (Phi) is 6.39. The Morgan fingerprint density at radius 1 is 1.19 bits per heavy atom. The zero-order chi connectivity index (χ0) is 25.5. The van der Waals surface area contributed by atoms with E-state index in [2.05, 4.69) is 63.1 Å². The Balaban J connectivity index is 1.18. The van der Waals surface area contributed by atoms with Crippen LogP contribution in [0.4, 0.5) is 11.5 Å². The normalized spacial score (nSPS) is 25.8. The first-order valence-electron chi connectivity index (χ1n) is 13.3. The number of hydrogen-bond acceptors (Lipinski definition) is 8. The zero-order valence-electron chi connectivity index (χ0n) is 21.5. The molecule has 0 aliphatic carbocycles. The number of nitrogens with one attached hydrogen (secondary N) is 1. The summed E-state index contributed by atoms with van der Waals surface area (Å²) in [4.78, 5) is 16.6. The Bertz CT molecular complexity index is 1370. The summed E-state index contributed by atoms with van der Waals surface area (Å²) < 4.78 is 11.1. The van der Waals surface area contributed by atoms with E-state index in [1.807, 2.05) is 18.3 Å². The van der Waals surface area contributed by atoms with E-state index in [9.17, 15) is 9.97 Å². The number of hydrogen-bond donors (Lipinski definition) is 1. The van der Waals surface area contributed by atoms with Crippen molar-refractivity contribution in [1.82, 2.24) is 19.8 Å². The molecule has 1 aromatic carbocycles. The van der Waals surface area contributed by atoms with Gasteiger partial charge >= 0.3 is 150 Å². The fourth-order valence-electron chi connectivity index (χ4n) is 6.62.